The molecule has 0 aliphatic heterocycles. The Morgan fingerprint density at radius 2 is 1.68 bits per heavy atom. The van der Waals surface area contributed by atoms with E-state index in [1.54, 1.807) is 0 Å². The Morgan fingerprint density at radius 1 is 1.06 bits per heavy atom. The highest BCUT2D eigenvalue weighted by molar-refractivity contribution is 7.89. The smallest absolute Gasteiger partial charge is 0.242 e. The standard InChI is InChI=1S/C23H31N5O5S/c24-23(16-8-14-7-15(10-16)11-17(23)9-14)13-26-20(29)5-6-27-34(32,33)18-1-2-19(25-12-18)28-21(30)3-4-22(28)31/h1-4,12,14-17,27,30-31H,5-11,13,24H2,(H,26,29). The van der Waals surface area contributed by atoms with Gasteiger partial charge in [0.2, 0.25) is 15.9 Å². The van der Waals surface area contributed by atoms with Gasteiger partial charge in [-0.1, -0.05) is 0 Å². The van der Waals surface area contributed by atoms with Crippen LogP contribution in [-0.2, 0) is 14.8 Å². The Bertz CT molecular complexity index is 1130. The van der Waals surface area contributed by atoms with Crippen molar-refractivity contribution in [2.45, 2.75) is 49.0 Å². The first-order valence-corrected chi connectivity index (χ1v) is 13.3. The van der Waals surface area contributed by atoms with Gasteiger partial charge in [-0.05, 0) is 67.9 Å². The summed E-state index contributed by atoms with van der Waals surface area (Å²) < 4.78 is 28.6. The molecule has 10 nitrogen and oxygen atoms in total. The fraction of sp³-hybridized carbons (Fsp3) is 0.565. The largest absolute Gasteiger partial charge is 0.494 e. The first-order chi connectivity index (χ1) is 16.2. The van der Waals surface area contributed by atoms with Gasteiger partial charge in [0.25, 0.3) is 0 Å². The summed E-state index contributed by atoms with van der Waals surface area (Å²) >= 11 is 0. The Labute approximate surface area is 198 Å². The van der Waals surface area contributed by atoms with E-state index in [-0.39, 0.29) is 46.9 Å². The lowest BCUT2D eigenvalue weighted by Gasteiger charge is -2.59. The van der Waals surface area contributed by atoms with E-state index in [4.69, 9.17) is 5.73 Å². The third kappa shape index (κ3) is 4.16. The number of aromatic nitrogens is 2. The minimum atomic E-state index is -3.87. The predicted octanol–water partition coefficient (Wildman–Crippen LogP) is 1.22. The molecule has 6 rings (SSSR count). The summed E-state index contributed by atoms with van der Waals surface area (Å²) in [6, 6.07) is 5.27. The van der Waals surface area contributed by atoms with Gasteiger partial charge in [0.05, 0.1) is 0 Å². The topological polar surface area (TPSA) is 160 Å². The second-order valence-corrected chi connectivity index (χ2v) is 11.8. The number of carbonyl (C=O) groups is 1. The van der Waals surface area contributed by atoms with Gasteiger partial charge in [-0.15, -0.1) is 0 Å². The summed E-state index contributed by atoms with van der Waals surface area (Å²) in [6.07, 6.45) is 7.12. The summed E-state index contributed by atoms with van der Waals surface area (Å²) in [5.74, 6) is 2.02. The fourth-order valence-electron chi connectivity index (χ4n) is 6.39. The molecule has 4 aliphatic rings. The Morgan fingerprint density at radius 3 is 2.24 bits per heavy atom. The minimum Gasteiger partial charge on any atom is -0.494 e. The number of hydrogen-bond donors (Lipinski definition) is 5. The Hall–Kier alpha value is -2.63. The Kier molecular flexibility index (Phi) is 5.81. The van der Waals surface area contributed by atoms with Gasteiger partial charge < -0.3 is 21.3 Å². The minimum absolute atomic E-state index is 0.00647. The highest BCUT2D eigenvalue weighted by Crippen LogP contribution is 2.57. The van der Waals surface area contributed by atoms with Crippen molar-refractivity contribution >= 4 is 15.9 Å². The van der Waals surface area contributed by atoms with Crippen LogP contribution in [0.4, 0.5) is 0 Å². The summed E-state index contributed by atoms with van der Waals surface area (Å²) in [4.78, 5) is 16.3. The highest BCUT2D eigenvalue weighted by atomic mass is 32.2. The monoisotopic (exact) mass is 489 g/mol. The van der Waals surface area contributed by atoms with E-state index in [9.17, 15) is 23.4 Å². The SMILES string of the molecule is NC1(CNC(=O)CCNS(=O)(=O)c2ccc(-n3c(O)ccc3O)nc2)C2CC3CC(C2)CC1C3. The van der Waals surface area contributed by atoms with Crippen molar-refractivity contribution in [1.29, 1.82) is 0 Å². The highest BCUT2D eigenvalue weighted by Gasteiger charge is 2.55. The van der Waals surface area contributed by atoms with Crippen molar-refractivity contribution < 1.29 is 23.4 Å². The van der Waals surface area contributed by atoms with Crippen LogP contribution >= 0.6 is 0 Å². The molecule has 2 aromatic heterocycles. The van der Waals surface area contributed by atoms with Gasteiger partial charge >= 0.3 is 0 Å². The summed E-state index contributed by atoms with van der Waals surface area (Å²) in [5, 5.41) is 22.5. The molecular formula is C23H31N5O5S. The number of amides is 1. The first-order valence-electron chi connectivity index (χ1n) is 11.8. The molecule has 0 saturated heterocycles. The Balaban J connectivity index is 1.12. The van der Waals surface area contributed by atoms with Crippen LogP contribution in [0.5, 0.6) is 11.8 Å². The summed E-state index contributed by atoms with van der Waals surface area (Å²) in [6.45, 7) is 0.390. The summed E-state index contributed by atoms with van der Waals surface area (Å²) in [5.41, 5.74) is 6.46. The van der Waals surface area contributed by atoms with Crippen molar-refractivity contribution in [2.24, 2.45) is 29.4 Å². The normalized spacial score (nSPS) is 29.9. The predicted molar refractivity (Wildman–Crippen MR) is 124 cm³/mol. The van der Waals surface area contributed by atoms with E-state index in [1.165, 1.54) is 30.7 Å². The number of nitrogens with zero attached hydrogens (tertiary/aromatic N) is 2. The number of nitrogens with two attached hydrogens (primary N) is 1. The molecule has 34 heavy (non-hydrogen) atoms. The van der Waals surface area contributed by atoms with Crippen LogP contribution in [0.25, 0.3) is 5.82 Å². The van der Waals surface area contributed by atoms with Crippen LogP contribution < -0.4 is 15.8 Å². The molecule has 0 unspecified atom stereocenters. The molecule has 2 heterocycles. The lowest BCUT2D eigenvalue weighted by molar-refractivity contribution is -0.122. The second kappa shape index (κ2) is 8.54. The number of aromatic hydroxyl groups is 2. The molecule has 1 amide bonds. The van der Waals surface area contributed by atoms with Crippen LogP contribution in [0.1, 0.15) is 38.5 Å². The van der Waals surface area contributed by atoms with E-state index in [0.717, 1.165) is 48.3 Å². The second-order valence-electron chi connectivity index (χ2n) is 10.1. The number of nitrogens with one attached hydrogen (secondary N) is 2. The lowest BCUT2D eigenvalue weighted by Crippen LogP contribution is -2.67. The van der Waals surface area contributed by atoms with E-state index in [2.05, 4.69) is 15.0 Å². The number of pyridine rings is 1. The fourth-order valence-corrected chi connectivity index (χ4v) is 7.36. The van der Waals surface area contributed by atoms with Crippen molar-refractivity contribution in [3.05, 3.63) is 30.5 Å². The van der Waals surface area contributed by atoms with Gasteiger partial charge in [-0.3, -0.25) is 4.79 Å². The van der Waals surface area contributed by atoms with Gasteiger partial charge in [0.1, 0.15) is 10.7 Å². The molecule has 0 atom stereocenters. The van der Waals surface area contributed by atoms with Crippen LogP contribution in [0.2, 0.25) is 0 Å². The number of carbonyl (C=O) groups excluding carboxylic acids is 1. The molecule has 11 heteroatoms. The van der Waals surface area contributed by atoms with Crippen molar-refractivity contribution in [3.63, 3.8) is 0 Å². The van der Waals surface area contributed by atoms with Gasteiger partial charge in [-0.2, -0.15) is 0 Å². The third-order valence-corrected chi connectivity index (χ3v) is 9.44. The average molecular weight is 490 g/mol. The molecule has 4 aliphatic carbocycles. The molecule has 2 aromatic rings. The third-order valence-electron chi connectivity index (χ3n) is 7.99. The maximum absolute atomic E-state index is 12.6. The molecule has 4 bridgehead atoms. The molecule has 184 valence electrons. The van der Waals surface area contributed by atoms with E-state index >= 15 is 0 Å². The van der Waals surface area contributed by atoms with Crippen LogP contribution in [-0.4, -0.2) is 52.7 Å². The number of hydrogen-bond acceptors (Lipinski definition) is 7. The molecule has 0 radical (unpaired) electrons. The molecular weight excluding hydrogens is 458 g/mol. The maximum atomic E-state index is 12.6. The molecule has 4 saturated carbocycles. The van der Waals surface area contributed by atoms with Crippen molar-refractivity contribution in [1.82, 2.24) is 19.6 Å². The maximum Gasteiger partial charge on any atom is 0.242 e. The van der Waals surface area contributed by atoms with Gasteiger partial charge in [-0.25, -0.2) is 22.7 Å². The zero-order valence-electron chi connectivity index (χ0n) is 18.9. The van der Waals surface area contributed by atoms with Crippen molar-refractivity contribution in [2.75, 3.05) is 13.1 Å². The zero-order valence-corrected chi connectivity index (χ0v) is 19.7. The van der Waals surface area contributed by atoms with Crippen LogP contribution in [0.3, 0.4) is 0 Å². The lowest BCUT2D eigenvalue weighted by atomic mass is 9.49. The van der Waals surface area contributed by atoms with Crippen molar-refractivity contribution in [3.8, 4) is 17.6 Å². The average Bonchev–Trinajstić information content (AvgIpc) is 3.13. The van der Waals surface area contributed by atoms with E-state index in [1.807, 2.05) is 0 Å². The van der Waals surface area contributed by atoms with E-state index in [0.29, 0.717) is 18.4 Å². The van der Waals surface area contributed by atoms with Gasteiger partial charge in [0, 0.05) is 43.4 Å². The van der Waals surface area contributed by atoms with E-state index < -0.39 is 10.0 Å². The molecule has 0 spiro atoms. The van der Waals surface area contributed by atoms with Crippen LogP contribution in [0.15, 0.2) is 35.4 Å². The van der Waals surface area contributed by atoms with Crippen LogP contribution in [0, 0.1) is 23.7 Å². The number of rotatable bonds is 8. The quantitative estimate of drug-likeness (QED) is 0.373. The molecule has 6 N–H and O–H groups in total. The molecule has 0 aromatic carbocycles. The van der Waals surface area contributed by atoms with Gasteiger partial charge in [0.15, 0.2) is 11.8 Å². The summed E-state index contributed by atoms with van der Waals surface area (Å²) in [7, 11) is -3.87. The number of sulfonamides is 1. The zero-order chi connectivity index (χ0) is 24.1. The first kappa shape index (κ1) is 23.1. The molecule has 4 fully saturated rings.